The molecule has 1 N–H and O–H groups in total. The molecule has 0 fully saturated rings. The molecule has 0 atom stereocenters. The van der Waals surface area contributed by atoms with Crippen molar-refractivity contribution < 1.29 is 19.0 Å². The fourth-order valence-corrected chi connectivity index (χ4v) is 1.76. The lowest BCUT2D eigenvalue weighted by atomic mass is 10.2. The molecule has 23 heavy (non-hydrogen) atoms. The molecule has 0 saturated heterocycles. The molecule has 0 unspecified atom stereocenters. The van der Waals surface area contributed by atoms with Crippen LogP contribution in [0.2, 0.25) is 0 Å². The van der Waals surface area contributed by atoms with Gasteiger partial charge in [0.2, 0.25) is 0 Å². The highest BCUT2D eigenvalue weighted by Crippen LogP contribution is 2.13. The summed E-state index contributed by atoms with van der Waals surface area (Å²) in [5, 5.41) is 9.63. The zero-order chi connectivity index (χ0) is 16.7. The molecule has 0 heterocycles. The highest BCUT2D eigenvalue weighted by atomic mass is 19.1. The van der Waals surface area contributed by atoms with Crippen LogP contribution in [0.5, 0.6) is 0 Å². The van der Waals surface area contributed by atoms with Gasteiger partial charge < -0.3 is 9.84 Å². The summed E-state index contributed by atoms with van der Waals surface area (Å²) >= 11 is 0. The number of benzene rings is 2. The van der Waals surface area contributed by atoms with Crippen molar-refractivity contribution in [1.82, 2.24) is 0 Å². The van der Waals surface area contributed by atoms with E-state index in [2.05, 4.69) is 4.99 Å². The van der Waals surface area contributed by atoms with Crippen molar-refractivity contribution in [2.45, 2.75) is 13.5 Å². The fraction of sp³-hybridized carbons (Fsp3) is 0.111. The van der Waals surface area contributed by atoms with E-state index in [0.717, 1.165) is 5.56 Å². The summed E-state index contributed by atoms with van der Waals surface area (Å²) in [5.74, 6) is -1.26. The van der Waals surface area contributed by atoms with E-state index in [1.54, 1.807) is 0 Å². The minimum Gasteiger partial charge on any atom is -0.512 e. The van der Waals surface area contributed by atoms with Crippen molar-refractivity contribution in [1.29, 1.82) is 0 Å². The molecular formula is C18H16FNO3. The number of nitrogens with zero attached hydrogens (tertiary/aromatic N) is 1. The maximum absolute atomic E-state index is 12.8. The molecule has 0 aliphatic carbocycles. The second-order valence-electron chi connectivity index (χ2n) is 4.80. The molecule has 0 aliphatic rings. The van der Waals surface area contributed by atoms with Crippen LogP contribution in [0, 0.1) is 5.82 Å². The Morgan fingerprint density at radius 1 is 1.17 bits per heavy atom. The average Bonchev–Trinajstić information content (AvgIpc) is 2.55. The number of allylic oxidation sites excluding steroid dienone is 1. The van der Waals surface area contributed by atoms with Crippen LogP contribution in [0.4, 0.5) is 10.1 Å². The summed E-state index contributed by atoms with van der Waals surface area (Å²) in [7, 11) is 0. The predicted octanol–water partition coefficient (Wildman–Crippen LogP) is 4.10. The number of hydrogen-bond donors (Lipinski definition) is 1. The fourth-order valence-electron chi connectivity index (χ4n) is 1.76. The van der Waals surface area contributed by atoms with Crippen molar-refractivity contribution in [3.05, 3.63) is 77.3 Å². The molecule has 0 aromatic heterocycles. The van der Waals surface area contributed by atoms with Gasteiger partial charge in [-0.15, -0.1) is 0 Å². The normalized spacial score (nSPS) is 12.1. The smallest absolute Gasteiger partial charge is 0.343 e. The quantitative estimate of drug-likeness (QED) is 0.391. The first-order valence-electron chi connectivity index (χ1n) is 6.97. The number of halogens is 1. The van der Waals surface area contributed by atoms with E-state index in [4.69, 9.17) is 4.74 Å². The Morgan fingerprint density at radius 3 is 2.43 bits per heavy atom. The van der Waals surface area contributed by atoms with Gasteiger partial charge in [-0.25, -0.2) is 9.18 Å². The Balaban J connectivity index is 2.05. The topological polar surface area (TPSA) is 58.9 Å². The van der Waals surface area contributed by atoms with Crippen LogP contribution < -0.4 is 0 Å². The number of aliphatic hydroxyl groups is 1. The van der Waals surface area contributed by atoms with Crippen LogP contribution in [-0.2, 0) is 16.1 Å². The molecule has 0 spiro atoms. The molecule has 0 bridgehead atoms. The molecule has 0 radical (unpaired) electrons. The Hall–Kier alpha value is -2.95. The van der Waals surface area contributed by atoms with Gasteiger partial charge in [0, 0.05) is 6.21 Å². The summed E-state index contributed by atoms with van der Waals surface area (Å²) in [6, 6.07) is 14.6. The lowest BCUT2D eigenvalue weighted by Crippen LogP contribution is -2.11. The van der Waals surface area contributed by atoms with E-state index in [0.29, 0.717) is 5.69 Å². The van der Waals surface area contributed by atoms with Crippen LogP contribution in [0.25, 0.3) is 0 Å². The molecule has 2 aromatic carbocycles. The molecule has 0 aliphatic heterocycles. The Morgan fingerprint density at radius 2 is 1.83 bits per heavy atom. The Bertz CT molecular complexity index is 718. The molecule has 0 saturated carbocycles. The Labute approximate surface area is 133 Å². The second-order valence-corrected chi connectivity index (χ2v) is 4.80. The molecule has 2 aromatic rings. The first kappa shape index (κ1) is 16.4. The van der Waals surface area contributed by atoms with Crippen molar-refractivity contribution in [3.8, 4) is 0 Å². The summed E-state index contributed by atoms with van der Waals surface area (Å²) in [6.07, 6.45) is 1.20. The summed E-state index contributed by atoms with van der Waals surface area (Å²) in [4.78, 5) is 16.1. The summed E-state index contributed by atoms with van der Waals surface area (Å²) in [6.45, 7) is 1.47. The van der Waals surface area contributed by atoms with Gasteiger partial charge >= 0.3 is 5.97 Å². The second kappa shape index (κ2) is 7.89. The molecule has 2 rings (SSSR count). The number of rotatable bonds is 5. The highest BCUT2D eigenvalue weighted by molar-refractivity contribution is 6.10. The maximum Gasteiger partial charge on any atom is 0.343 e. The van der Waals surface area contributed by atoms with Crippen molar-refractivity contribution in [3.63, 3.8) is 0 Å². The SMILES string of the molecule is C/C(O)=C(/C=Nc1ccc(F)cc1)C(=O)OCc1ccccc1. The van der Waals surface area contributed by atoms with Crippen LogP contribution in [0.1, 0.15) is 12.5 Å². The van der Waals surface area contributed by atoms with Crippen LogP contribution >= 0.6 is 0 Å². The number of carbonyl (C=O) groups is 1. The van der Waals surface area contributed by atoms with Gasteiger partial charge in [-0.05, 0) is 36.8 Å². The predicted molar refractivity (Wildman–Crippen MR) is 86.1 cm³/mol. The third-order valence-electron chi connectivity index (χ3n) is 2.99. The van der Waals surface area contributed by atoms with Gasteiger partial charge in [0.15, 0.2) is 0 Å². The van der Waals surface area contributed by atoms with Gasteiger partial charge in [-0.1, -0.05) is 30.3 Å². The number of carbonyl (C=O) groups excluding carboxylic acids is 1. The lowest BCUT2D eigenvalue weighted by molar-refractivity contribution is -0.139. The van der Waals surface area contributed by atoms with Crippen molar-refractivity contribution >= 4 is 17.9 Å². The maximum atomic E-state index is 12.8. The zero-order valence-corrected chi connectivity index (χ0v) is 12.6. The molecular weight excluding hydrogens is 297 g/mol. The molecule has 5 heteroatoms. The first-order valence-corrected chi connectivity index (χ1v) is 6.97. The van der Waals surface area contributed by atoms with Crippen LogP contribution in [0.3, 0.4) is 0 Å². The highest BCUT2D eigenvalue weighted by Gasteiger charge is 2.13. The van der Waals surface area contributed by atoms with E-state index in [-0.39, 0.29) is 23.8 Å². The van der Waals surface area contributed by atoms with Gasteiger partial charge in [-0.2, -0.15) is 0 Å². The Kier molecular flexibility index (Phi) is 5.63. The molecule has 4 nitrogen and oxygen atoms in total. The van der Waals surface area contributed by atoms with Crippen molar-refractivity contribution in [2.75, 3.05) is 0 Å². The van der Waals surface area contributed by atoms with E-state index in [9.17, 15) is 14.3 Å². The zero-order valence-electron chi connectivity index (χ0n) is 12.6. The van der Waals surface area contributed by atoms with Gasteiger partial charge in [0.05, 0.1) is 5.69 Å². The number of ether oxygens (including phenoxy) is 1. The van der Waals surface area contributed by atoms with Crippen LogP contribution in [0.15, 0.2) is 70.9 Å². The van der Waals surface area contributed by atoms with Gasteiger partial charge in [0.1, 0.15) is 23.8 Å². The minimum atomic E-state index is -0.681. The van der Waals surface area contributed by atoms with Crippen molar-refractivity contribution in [2.24, 2.45) is 4.99 Å². The van der Waals surface area contributed by atoms with Crippen LogP contribution in [-0.4, -0.2) is 17.3 Å². The van der Waals surface area contributed by atoms with Gasteiger partial charge in [-0.3, -0.25) is 4.99 Å². The summed E-state index contributed by atoms with van der Waals surface area (Å²) < 4.78 is 18.0. The average molecular weight is 313 g/mol. The minimum absolute atomic E-state index is 0.0507. The third kappa shape index (κ3) is 5.07. The third-order valence-corrected chi connectivity index (χ3v) is 2.99. The lowest BCUT2D eigenvalue weighted by Gasteiger charge is -2.06. The van der Waals surface area contributed by atoms with E-state index in [1.165, 1.54) is 37.4 Å². The molecule has 118 valence electrons. The van der Waals surface area contributed by atoms with E-state index in [1.807, 2.05) is 30.3 Å². The monoisotopic (exact) mass is 313 g/mol. The largest absolute Gasteiger partial charge is 0.512 e. The van der Waals surface area contributed by atoms with E-state index >= 15 is 0 Å². The van der Waals surface area contributed by atoms with Gasteiger partial charge in [0.25, 0.3) is 0 Å². The standard InChI is InChI=1S/C18H16FNO3/c1-13(21)17(11-20-16-9-7-15(19)8-10-16)18(22)23-12-14-5-3-2-4-6-14/h2-11,21H,12H2,1H3/b17-13+,20-11?. The number of aliphatic imine (C=N–C) groups is 1. The first-order chi connectivity index (χ1) is 11.1. The summed E-state index contributed by atoms with van der Waals surface area (Å²) in [5.41, 5.74) is 1.25. The molecule has 0 amide bonds. The number of esters is 1. The number of hydrogen-bond acceptors (Lipinski definition) is 4. The van der Waals surface area contributed by atoms with E-state index < -0.39 is 5.97 Å². The number of aliphatic hydroxyl groups excluding tert-OH is 1.